The molecular formula is C24H35NO5. The average Bonchev–Trinajstić information content (AvgIpc) is 2.94. The number of hydrogen-bond donors (Lipinski definition) is 3. The van der Waals surface area contributed by atoms with Gasteiger partial charge in [0.05, 0.1) is 0 Å². The van der Waals surface area contributed by atoms with Gasteiger partial charge in [-0.15, -0.1) is 0 Å². The highest BCUT2D eigenvalue weighted by Gasteiger charge is 2.66. The van der Waals surface area contributed by atoms with Gasteiger partial charge in [0.15, 0.2) is 11.6 Å². The molecule has 1 fully saturated rings. The normalized spacial score (nSPS) is 40.2. The number of nitrogens with one attached hydrogen (secondary N) is 1. The maximum absolute atomic E-state index is 13.8. The van der Waals surface area contributed by atoms with Crippen LogP contribution < -0.4 is 5.32 Å². The molecule has 0 unspecified atom stereocenters. The lowest BCUT2D eigenvalue weighted by atomic mass is 9.54. The first-order valence-electron chi connectivity index (χ1n) is 11.1. The van der Waals surface area contributed by atoms with Crippen molar-refractivity contribution >= 4 is 17.5 Å². The standard InChI is InChI=1S/C24H35NO5/c1-12(2)8-17-21-15(5)14(4)10-16-9-13(3)6-7-18(26)19(27)11-20(28)22(29)24(16,21)23(30)25-17/h9-10,12,15-18,20-21,26,28H,6-8,11H2,1-5H3,(H,25,30)/t15-,16+,17+,18-,20-,21+,24+/m1/s1. The topological polar surface area (TPSA) is 104 Å². The maximum atomic E-state index is 13.8. The van der Waals surface area contributed by atoms with Gasteiger partial charge in [0, 0.05) is 24.3 Å². The fourth-order valence-electron chi connectivity index (χ4n) is 5.76. The Kier molecular flexibility index (Phi) is 6.40. The first-order chi connectivity index (χ1) is 14.0. The molecule has 1 aliphatic heterocycles. The summed E-state index contributed by atoms with van der Waals surface area (Å²) in [5.41, 5.74) is 0.616. The Bertz CT molecular complexity index is 797. The SMILES string of the molecule is CC1=C[C@H]2C=C(C)[C@@H](C)[C@H]3[C@H](CC(C)C)NC(=O)[C@@]23C(=O)[C@H](O)CC(=O)[C@H](O)CC1. The van der Waals surface area contributed by atoms with Gasteiger partial charge in [-0.1, -0.05) is 44.1 Å². The van der Waals surface area contributed by atoms with E-state index in [4.69, 9.17) is 0 Å². The zero-order valence-corrected chi connectivity index (χ0v) is 18.6. The molecule has 3 rings (SSSR count). The molecular weight excluding hydrogens is 382 g/mol. The monoisotopic (exact) mass is 417 g/mol. The number of aliphatic hydroxyl groups is 2. The maximum Gasteiger partial charge on any atom is 0.235 e. The van der Waals surface area contributed by atoms with Crippen LogP contribution in [0.3, 0.4) is 0 Å². The van der Waals surface area contributed by atoms with Crippen molar-refractivity contribution in [3.8, 4) is 0 Å². The molecule has 30 heavy (non-hydrogen) atoms. The predicted molar refractivity (Wildman–Crippen MR) is 113 cm³/mol. The van der Waals surface area contributed by atoms with Crippen LogP contribution in [0.25, 0.3) is 0 Å². The van der Waals surface area contributed by atoms with Crippen molar-refractivity contribution in [1.82, 2.24) is 5.32 Å². The van der Waals surface area contributed by atoms with Crippen LogP contribution in [0.5, 0.6) is 0 Å². The Labute approximate surface area is 178 Å². The quantitative estimate of drug-likeness (QED) is 0.473. The Balaban J connectivity index is 2.21. The molecule has 7 atom stereocenters. The minimum atomic E-state index is -1.61. The molecule has 166 valence electrons. The van der Waals surface area contributed by atoms with E-state index in [-0.39, 0.29) is 30.2 Å². The van der Waals surface area contributed by atoms with Gasteiger partial charge in [-0.3, -0.25) is 14.4 Å². The van der Waals surface area contributed by atoms with Crippen LogP contribution in [0.2, 0.25) is 0 Å². The Morgan fingerprint density at radius 2 is 1.80 bits per heavy atom. The van der Waals surface area contributed by atoms with Crippen LogP contribution in [0.15, 0.2) is 23.3 Å². The van der Waals surface area contributed by atoms with Crippen molar-refractivity contribution in [2.24, 2.45) is 29.1 Å². The van der Waals surface area contributed by atoms with Gasteiger partial charge >= 0.3 is 0 Å². The molecule has 1 spiro atoms. The van der Waals surface area contributed by atoms with E-state index in [2.05, 4.69) is 19.2 Å². The van der Waals surface area contributed by atoms with Crippen molar-refractivity contribution in [1.29, 1.82) is 0 Å². The van der Waals surface area contributed by atoms with Gasteiger partial charge in [-0.2, -0.15) is 0 Å². The molecule has 6 heteroatoms. The highest BCUT2D eigenvalue weighted by Crippen LogP contribution is 2.55. The van der Waals surface area contributed by atoms with Gasteiger partial charge in [0.1, 0.15) is 17.6 Å². The largest absolute Gasteiger partial charge is 0.385 e. The smallest absolute Gasteiger partial charge is 0.235 e. The number of carbonyl (C=O) groups is 3. The Morgan fingerprint density at radius 1 is 1.13 bits per heavy atom. The minimum absolute atomic E-state index is 0.0137. The zero-order valence-electron chi connectivity index (χ0n) is 18.6. The van der Waals surface area contributed by atoms with Gasteiger partial charge in [0.25, 0.3) is 0 Å². The lowest BCUT2D eigenvalue weighted by Gasteiger charge is -2.45. The Hall–Kier alpha value is -1.79. The first-order valence-corrected chi connectivity index (χ1v) is 11.1. The Morgan fingerprint density at radius 3 is 2.43 bits per heavy atom. The zero-order chi connectivity index (χ0) is 22.4. The van der Waals surface area contributed by atoms with Crippen LogP contribution in [0.4, 0.5) is 0 Å². The molecule has 0 radical (unpaired) electrons. The number of Topliss-reactive ketones (excluding diaryl/α,β-unsaturated/α-hetero) is 2. The number of amides is 1. The van der Waals surface area contributed by atoms with E-state index in [1.807, 2.05) is 32.9 Å². The third-order valence-electron chi connectivity index (χ3n) is 7.35. The molecule has 6 nitrogen and oxygen atoms in total. The third kappa shape index (κ3) is 3.69. The fraction of sp³-hybridized carbons (Fsp3) is 0.708. The summed E-state index contributed by atoms with van der Waals surface area (Å²) in [6.45, 7) is 10.1. The molecule has 0 saturated carbocycles. The number of allylic oxidation sites excluding steroid dienone is 4. The van der Waals surface area contributed by atoms with Crippen molar-refractivity contribution in [3.63, 3.8) is 0 Å². The molecule has 2 aliphatic carbocycles. The van der Waals surface area contributed by atoms with Gasteiger partial charge in [-0.25, -0.2) is 0 Å². The van der Waals surface area contributed by atoms with Crippen molar-refractivity contribution in [2.75, 3.05) is 0 Å². The number of hydrogen-bond acceptors (Lipinski definition) is 5. The van der Waals surface area contributed by atoms with Gasteiger partial charge < -0.3 is 15.5 Å². The summed E-state index contributed by atoms with van der Waals surface area (Å²) in [4.78, 5) is 39.7. The van der Waals surface area contributed by atoms with Crippen LogP contribution in [-0.2, 0) is 14.4 Å². The van der Waals surface area contributed by atoms with Crippen molar-refractivity contribution in [3.05, 3.63) is 23.3 Å². The molecule has 1 saturated heterocycles. The summed E-state index contributed by atoms with van der Waals surface area (Å²) < 4.78 is 0. The van der Waals surface area contributed by atoms with Crippen molar-refractivity contribution in [2.45, 2.75) is 78.6 Å². The van der Waals surface area contributed by atoms with Crippen LogP contribution in [0, 0.1) is 29.1 Å². The summed E-state index contributed by atoms with van der Waals surface area (Å²) in [5.74, 6) is -1.96. The van der Waals surface area contributed by atoms with E-state index in [1.54, 1.807) is 0 Å². The molecule has 0 aromatic heterocycles. The van der Waals surface area contributed by atoms with Crippen LogP contribution in [0.1, 0.15) is 60.3 Å². The molecule has 3 N–H and O–H groups in total. The van der Waals surface area contributed by atoms with Gasteiger partial charge in [-0.05, 0) is 44.9 Å². The predicted octanol–water partition coefficient (Wildman–Crippen LogP) is 2.34. The summed E-state index contributed by atoms with van der Waals surface area (Å²) in [5, 5.41) is 24.0. The second-order valence-corrected chi connectivity index (χ2v) is 9.95. The molecule has 3 aliphatic rings. The van der Waals surface area contributed by atoms with E-state index >= 15 is 0 Å². The molecule has 0 aromatic rings. The number of carbonyl (C=O) groups excluding carboxylic acids is 3. The lowest BCUT2D eigenvalue weighted by Crippen LogP contribution is -2.55. The third-order valence-corrected chi connectivity index (χ3v) is 7.35. The summed E-state index contributed by atoms with van der Waals surface area (Å²) >= 11 is 0. The van der Waals surface area contributed by atoms with Crippen LogP contribution in [-0.4, -0.2) is 45.9 Å². The van der Waals surface area contributed by atoms with E-state index in [9.17, 15) is 24.6 Å². The average molecular weight is 418 g/mol. The van der Waals surface area contributed by atoms with Crippen LogP contribution >= 0.6 is 0 Å². The van der Waals surface area contributed by atoms with E-state index in [1.165, 1.54) is 0 Å². The molecule has 1 heterocycles. The summed E-state index contributed by atoms with van der Waals surface area (Å²) in [6.07, 6.45) is 2.12. The van der Waals surface area contributed by atoms with Crippen molar-refractivity contribution < 1.29 is 24.6 Å². The molecule has 0 bridgehead atoms. The lowest BCUT2D eigenvalue weighted by molar-refractivity contribution is -0.153. The molecule has 1 amide bonds. The van der Waals surface area contributed by atoms with E-state index in [0.29, 0.717) is 12.3 Å². The highest BCUT2D eigenvalue weighted by molar-refractivity contribution is 6.12. The number of rotatable bonds is 2. The highest BCUT2D eigenvalue weighted by atomic mass is 16.3. The van der Waals surface area contributed by atoms with Gasteiger partial charge in [0.2, 0.25) is 5.91 Å². The molecule has 0 aromatic carbocycles. The summed E-state index contributed by atoms with van der Waals surface area (Å²) in [7, 11) is 0. The second kappa shape index (κ2) is 8.39. The number of aliphatic hydroxyl groups excluding tert-OH is 2. The number of ketones is 2. The minimum Gasteiger partial charge on any atom is -0.385 e. The van der Waals surface area contributed by atoms with E-state index in [0.717, 1.165) is 17.6 Å². The first kappa shape index (κ1) is 22.9. The summed E-state index contributed by atoms with van der Waals surface area (Å²) in [6, 6.07) is -0.171. The second-order valence-electron chi connectivity index (χ2n) is 9.95. The fourth-order valence-corrected chi connectivity index (χ4v) is 5.76. The van der Waals surface area contributed by atoms with E-state index < -0.39 is 41.5 Å².